The lowest BCUT2D eigenvalue weighted by atomic mass is 10.1. The van der Waals surface area contributed by atoms with Crippen LogP contribution in [0, 0.1) is 11.8 Å². The molecule has 1 unspecified atom stereocenters. The van der Waals surface area contributed by atoms with E-state index in [0.29, 0.717) is 28.9 Å². The fourth-order valence-corrected chi connectivity index (χ4v) is 3.99. The van der Waals surface area contributed by atoms with Gasteiger partial charge >= 0.3 is 0 Å². The largest absolute Gasteiger partial charge is 0.371 e. The molecule has 1 amide bonds. The molecule has 1 atom stereocenters. The molecule has 2 heterocycles. The Morgan fingerprint density at radius 3 is 2.47 bits per heavy atom. The molecule has 0 bridgehead atoms. The quantitative estimate of drug-likeness (QED) is 0.694. The van der Waals surface area contributed by atoms with Crippen LogP contribution in [0.15, 0.2) is 53.3 Å². The normalized spacial score (nSPS) is 16.4. The van der Waals surface area contributed by atoms with Crippen molar-refractivity contribution in [1.82, 2.24) is 9.78 Å². The first-order valence-corrected chi connectivity index (χ1v) is 10.6. The van der Waals surface area contributed by atoms with Crippen LogP contribution in [0.25, 0.3) is 10.8 Å². The number of amides is 1. The number of nitrogens with one attached hydrogen (secondary N) is 1. The minimum absolute atomic E-state index is 0.167. The fourth-order valence-electron chi connectivity index (χ4n) is 3.99. The van der Waals surface area contributed by atoms with E-state index in [2.05, 4.69) is 22.2 Å². The first-order valence-electron chi connectivity index (χ1n) is 10.6. The standard InChI is InChI=1S/C24H28N4O2/c1-16(2)14-28-24(30)21-7-5-4-6-20(21)22(26-28)23(29)25-18-8-10-19(11-9-18)27-13-12-17(3)15-27/h4-11,16-17H,12-15H2,1-3H3,(H,25,29). The highest BCUT2D eigenvalue weighted by Crippen LogP contribution is 2.25. The van der Waals surface area contributed by atoms with Crippen molar-refractivity contribution in [2.24, 2.45) is 11.8 Å². The summed E-state index contributed by atoms with van der Waals surface area (Å²) in [6.45, 7) is 8.91. The predicted molar refractivity (Wildman–Crippen MR) is 121 cm³/mol. The summed E-state index contributed by atoms with van der Waals surface area (Å²) in [7, 11) is 0. The molecule has 4 rings (SSSR count). The van der Waals surface area contributed by atoms with Crippen molar-refractivity contribution in [3.63, 3.8) is 0 Å². The van der Waals surface area contributed by atoms with Crippen LogP contribution in [-0.2, 0) is 6.54 Å². The van der Waals surface area contributed by atoms with Crippen LogP contribution >= 0.6 is 0 Å². The molecule has 0 spiro atoms. The van der Waals surface area contributed by atoms with Crippen LogP contribution in [0.4, 0.5) is 11.4 Å². The molecule has 0 saturated carbocycles. The molecule has 156 valence electrons. The maximum Gasteiger partial charge on any atom is 0.276 e. The number of carbonyl (C=O) groups is 1. The van der Waals surface area contributed by atoms with Gasteiger partial charge in [0.1, 0.15) is 0 Å². The molecule has 2 aromatic carbocycles. The van der Waals surface area contributed by atoms with Gasteiger partial charge in [0.2, 0.25) is 0 Å². The second kappa shape index (κ2) is 8.30. The molecular formula is C24H28N4O2. The van der Waals surface area contributed by atoms with E-state index in [1.807, 2.05) is 50.2 Å². The van der Waals surface area contributed by atoms with E-state index in [4.69, 9.17) is 0 Å². The third-order valence-corrected chi connectivity index (χ3v) is 5.54. The highest BCUT2D eigenvalue weighted by molar-refractivity contribution is 6.11. The first kappa shape index (κ1) is 20.1. The average molecular weight is 405 g/mol. The Morgan fingerprint density at radius 2 is 1.83 bits per heavy atom. The van der Waals surface area contributed by atoms with Gasteiger partial charge in [-0.15, -0.1) is 0 Å². The van der Waals surface area contributed by atoms with Crippen molar-refractivity contribution in [3.8, 4) is 0 Å². The lowest BCUT2D eigenvalue weighted by molar-refractivity contribution is 0.102. The zero-order valence-corrected chi connectivity index (χ0v) is 17.8. The molecule has 3 aromatic rings. The summed E-state index contributed by atoms with van der Waals surface area (Å²) < 4.78 is 1.40. The molecule has 6 nitrogen and oxygen atoms in total. The minimum atomic E-state index is -0.314. The first-order chi connectivity index (χ1) is 14.4. The Labute approximate surface area is 176 Å². The number of hydrogen-bond donors (Lipinski definition) is 1. The van der Waals surface area contributed by atoms with E-state index in [0.717, 1.165) is 13.1 Å². The lowest BCUT2D eigenvalue weighted by Crippen LogP contribution is -2.29. The Bertz CT molecular complexity index is 1120. The van der Waals surface area contributed by atoms with Gasteiger partial charge in [0.15, 0.2) is 5.69 Å². The van der Waals surface area contributed by atoms with Gasteiger partial charge in [0.05, 0.1) is 5.39 Å². The van der Waals surface area contributed by atoms with Gasteiger partial charge in [-0.2, -0.15) is 5.10 Å². The van der Waals surface area contributed by atoms with Gasteiger partial charge in [-0.05, 0) is 48.6 Å². The van der Waals surface area contributed by atoms with Gasteiger partial charge in [-0.3, -0.25) is 9.59 Å². The summed E-state index contributed by atoms with van der Waals surface area (Å²) in [5.41, 5.74) is 1.98. The van der Waals surface area contributed by atoms with Gasteiger partial charge in [0, 0.05) is 36.4 Å². The Balaban J connectivity index is 1.61. The summed E-state index contributed by atoms with van der Waals surface area (Å²) >= 11 is 0. The maximum absolute atomic E-state index is 13.1. The molecule has 1 saturated heterocycles. The van der Waals surface area contributed by atoms with Crippen molar-refractivity contribution in [1.29, 1.82) is 0 Å². The number of aromatic nitrogens is 2. The highest BCUT2D eigenvalue weighted by atomic mass is 16.2. The van der Waals surface area contributed by atoms with Gasteiger partial charge in [-0.1, -0.05) is 39.0 Å². The topological polar surface area (TPSA) is 67.2 Å². The maximum atomic E-state index is 13.1. The molecule has 6 heteroatoms. The van der Waals surface area contributed by atoms with E-state index in [9.17, 15) is 9.59 Å². The number of carbonyl (C=O) groups excluding carboxylic acids is 1. The van der Waals surface area contributed by atoms with Gasteiger partial charge < -0.3 is 10.2 Å². The summed E-state index contributed by atoms with van der Waals surface area (Å²) in [6.07, 6.45) is 1.21. The molecule has 1 aliphatic heterocycles. The molecule has 1 aromatic heterocycles. The van der Waals surface area contributed by atoms with Crippen LogP contribution in [0.2, 0.25) is 0 Å². The Morgan fingerprint density at radius 1 is 1.13 bits per heavy atom. The van der Waals surface area contributed by atoms with E-state index in [-0.39, 0.29) is 23.1 Å². The van der Waals surface area contributed by atoms with Crippen LogP contribution in [0.3, 0.4) is 0 Å². The predicted octanol–water partition coefficient (Wildman–Crippen LogP) is 4.15. The molecule has 0 radical (unpaired) electrons. The second-order valence-corrected chi connectivity index (χ2v) is 8.62. The third kappa shape index (κ3) is 4.08. The van der Waals surface area contributed by atoms with Crippen LogP contribution in [0.1, 0.15) is 37.7 Å². The number of rotatable bonds is 5. The number of fused-ring (bicyclic) bond motifs is 1. The van der Waals surface area contributed by atoms with E-state index < -0.39 is 0 Å². The summed E-state index contributed by atoms with van der Waals surface area (Å²) in [5, 5.41) is 8.43. The van der Waals surface area contributed by atoms with Crippen molar-refractivity contribution < 1.29 is 4.79 Å². The number of benzene rings is 2. The number of hydrogen-bond acceptors (Lipinski definition) is 4. The molecule has 1 aliphatic rings. The summed E-state index contributed by atoms with van der Waals surface area (Å²) in [6, 6.07) is 15.1. The SMILES string of the molecule is CC(C)Cn1nc(C(=O)Nc2ccc(N3CCC(C)C3)cc2)c2ccccc2c1=O. The molecule has 1 fully saturated rings. The second-order valence-electron chi connectivity index (χ2n) is 8.62. The zero-order chi connectivity index (χ0) is 21.3. The van der Waals surface area contributed by atoms with Crippen molar-refractivity contribution in [3.05, 3.63) is 64.6 Å². The van der Waals surface area contributed by atoms with Crippen molar-refractivity contribution in [2.75, 3.05) is 23.3 Å². The monoisotopic (exact) mass is 404 g/mol. The van der Waals surface area contributed by atoms with Crippen LogP contribution in [-0.4, -0.2) is 28.8 Å². The molecule has 1 N–H and O–H groups in total. The van der Waals surface area contributed by atoms with Crippen molar-refractivity contribution >= 4 is 28.1 Å². The van der Waals surface area contributed by atoms with Crippen LogP contribution < -0.4 is 15.8 Å². The third-order valence-electron chi connectivity index (χ3n) is 5.54. The fraction of sp³-hybridized carbons (Fsp3) is 0.375. The molecule has 30 heavy (non-hydrogen) atoms. The zero-order valence-electron chi connectivity index (χ0n) is 17.8. The lowest BCUT2D eigenvalue weighted by Gasteiger charge is -2.18. The summed E-state index contributed by atoms with van der Waals surface area (Å²) in [4.78, 5) is 28.2. The number of nitrogens with zero attached hydrogens (tertiary/aromatic N) is 3. The van der Waals surface area contributed by atoms with Crippen LogP contribution in [0.5, 0.6) is 0 Å². The summed E-state index contributed by atoms with van der Waals surface area (Å²) in [5.74, 6) is 0.643. The number of anilines is 2. The van der Waals surface area contributed by atoms with E-state index >= 15 is 0 Å². The van der Waals surface area contributed by atoms with E-state index in [1.165, 1.54) is 16.8 Å². The van der Waals surface area contributed by atoms with Gasteiger partial charge in [0.25, 0.3) is 11.5 Å². The van der Waals surface area contributed by atoms with Crippen molar-refractivity contribution in [2.45, 2.75) is 33.7 Å². The molecular weight excluding hydrogens is 376 g/mol. The average Bonchev–Trinajstić information content (AvgIpc) is 3.16. The van der Waals surface area contributed by atoms with E-state index in [1.54, 1.807) is 12.1 Å². The Hall–Kier alpha value is -3.15. The highest BCUT2D eigenvalue weighted by Gasteiger charge is 2.20. The molecule has 0 aliphatic carbocycles. The Kier molecular flexibility index (Phi) is 5.57. The minimum Gasteiger partial charge on any atom is -0.371 e. The van der Waals surface area contributed by atoms with Gasteiger partial charge in [-0.25, -0.2) is 4.68 Å². The smallest absolute Gasteiger partial charge is 0.276 e.